The highest BCUT2D eigenvalue weighted by Gasteiger charge is 2.64. The fraction of sp³-hybridized carbons (Fsp3) is 1.00. The van der Waals surface area contributed by atoms with Crippen molar-refractivity contribution in [2.45, 2.75) is 65.7 Å². The van der Waals surface area contributed by atoms with Crippen molar-refractivity contribution >= 4 is 0 Å². The first-order valence-corrected chi connectivity index (χ1v) is 10.2. The molecule has 0 bridgehead atoms. The predicted molar refractivity (Wildman–Crippen MR) is 87.7 cm³/mol. The van der Waals surface area contributed by atoms with Gasteiger partial charge in [0, 0.05) is 0 Å². The van der Waals surface area contributed by atoms with Gasteiger partial charge in [0.15, 0.2) is 0 Å². The van der Waals surface area contributed by atoms with E-state index in [-0.39, 0.29) is 0 Å². The van der Waals surface area contributed by atoms with Gasteiger partial charge in [-0.05, 0) is 97.2 Å². The van der Waals surface area contributed by atoms with Crippen LogP contribution in [0.25, 0.3) is 0 Å². The molecule has 0 aliphatic heterocycles. The minimum atomic E-state index is 1.03. The van der Waals surface area contributed by atoms with E-state index in [1.54, 1.807) is 32.1 Å². The Kier molecular flexibility index (Phi) is 2.89. The van der Waals surface area contributed by atoms with Crippen molar-refractivity contribution in [3.8, 4) is 0 Å². The van der Waals surface area contributed by atoms with Crippen molar-refractivity contribution in [1.29, 1.82) is 0 Å². The molecule has 0 radical (unpaired) electrons. The van der Waals surface area contributed by atoms with Crippen molar-refractivity contribution < 1.29 is 0 Å². The minimum absolute atomic E-state index is 1.03. The van der Waals surface area contributed by atoms with Gasteiger partial charge >= 0.3 is 0 Å². The lowest BCUT2D eigenvalue weighted by Gasteiger charge is -2.54. The van der Waals surface area contributed by atoms with Crippen LogP contribution in [-0.2, 0) is 0 Å². The van der Waals surface area contributed by atoms with Gasteiger partial charge in [-0.3, -0.25) is 0 Å². The standard InChI is InChI=1S/C21H34/c1-4-5-13-6-14-8-17(12(3)20(14)11(13)2)18-9-15-7-16-10-19(18)21(15)16/h11-21H,4-10H2,1-3H3. The maximum absolute atomic E-state index is 2.66. The highest BCUT2D eigenvalue weighted by atomic mass is 14.7. The zero-order valence-corrected chi connectivity index (χ0v) is 14.3. The third-order valence-corrected chi connectivity index (χ3v) is 9.46. The molecule has 118 valence electrons. The van der Waals surface area contributed by atoms with E-state index in [2.05, 4.69) is 20.8 Å². The molecule has 5 saturated carbocycles. The molecule has 5 aliphatic rings. The number of hydrogen-bond donors (Lipinski definition) is 0. The Morgan fingerprint density at radius 3 is 2.00 bits per heavy atom. The van der Waals surface area contributed by atoms with E-state index < -0.39 is 0 Å². The van der Waals surface area contributed by atoms with Crippen LogP contribution in [0.1, 0.15) is 65.7 Å². The lowest BCUT2D eigenvalue weighted by Crippen LogP contribution is -2.47. The van der Waals surface area contributed by atoms with Crippen molar-refractivity contribution in [3.05, 3.63) is 0 Å². The van der Waals surface area contributed by atoms with Gasteiger partial charge in [0.05, 0.1) is 0 Å². The Labute approximate surface area is 131 Å². The summed E-state index contributed by atoms with van der Waals surface area (Å²) >= 11 is 0. The van der Waals surface area contributed by atoms with Crippen LogP contribution in [0.15, 0.2) is 0 Å². The zero-order chi connectivity index (χ0) is 14.3. The second-order valence-corrected chi connectivity index (χ2v) is 9.87. The molecule has 0 spiro atoms. The van der Waals surface area contributed by atoms with Gasteiger partial charge < -0.3 is 0 Å². The summed E-state index contributed by atoms with van der Waals surface area (Å²) in [5.74, 6) is 12.5. The number of rotatable bonds is 3. The van der Waals surface area contributed by atoms with E-state index in [0.717, 1.165) is 41.4 Å². The van der Waals surface area contributed by atoms with E-state index in [1.807, 2.05) is 0 Å². The van der Waals surface area contributed by atoms with Crippen LogP contribution in [0.2, 0.25) is 0 Å². The first-order chi connectivity index (χ1) is 10.2. The SMILES string of the molecule is CCCC1CC2CC(C3CC4CC5CC3C45)C(C)C2C1C. The average molecular weight is 287 g/mol. The smallest absolute Gasteiger partial charge is 0.0326 e. The summed E-state index contributed by atoms with van der Waals surface area (Å²) < 4.78 is 0. The van der Waals surface area contributed by atoms with Crippen molar-refractivity contribution in [3.63, 3.8) is 0 Å². The van der Waals surface area contributed by atoms with Crippen molar-refractivity contribution in [2.24, 2.45) is 65.1 Å². The average Bonchev–Trinajstić information content (AvgIpc) is 2.90. The normalized spacial score (nSPS) is 63.9. The van der Waals surface area contributed by atoms with E-state index in [4.69, 9.17) is 0 Å². The van der Waals surface area contributed by atoms with Gasteiger partial charge in [-0.2, -0.15) is 0 Å². The molecule has 5 fully saturated rings. The van der Waals surface area contributed by atoms with Crippen LogP contribution >= 0.6 is 0 Å². The summed E-state index contributed by atoms with van der Waals surface area (Å²) in [6.45, 7) is 7.66. The molecule has 0 nitrogen and oxygen atoms in total. The first kappa shape index (κ1) is 13.4. The Hall–Kier alpha value is 0. The molecule has 5 rings (SSSR count). The van der Waals surface area contributed by atoms with Crippen LogP contribution in [0.3, 0.4) is 0 Å². The predicted octanol–water partition coefficient (Wildman–Crippen LogP) is 5.62. The fourth-order valence-electron chi connectivity index (χ4n) is 8.72. The third kappa shape index (κ3) is 1.63. The van der Waals surface area contributed by atoms with E-state index in [1.165, 1.54) is 36.5 Å². The largest absolute Gasteiger partial charge is 0.0654 e. The fourth-order valence-corrected chi connectivity index (χ4v) is 8.72. The van der Waals surface area contributed by atoms with E-state index in [9.17, 15) is 0 Å². The van der Waals surface area contributed by atoms with Gasteiger partial charge in [0.2, 0.25) is 0 Å². The maximum Gasteiger partial charge on any atom is -0.0326 e. The van der Waals surface area contributed by atoms with Crippen LogP contribution in [0.4, 0.5) is 0 Å². The Morgan fingerprint density at radius 2 is 1.33 bits per heavy atom. The number of fused-ring (bicyclic) bond motifs is 1. The van der Waals surface area contributed by atoms with Crippen LogP contribution < -0.4 is 0 Å². The molecule has 0 heteroatoms. The zero-order valence-electron chi connectivity index (χ0n) is 14.3. The van der Waals surface area contributed by atoms with Gasteiger partial charge in [-0.15, -0.1) is 0 Å². The Balaban J connectivity index is 1.32. The Morgan fingerprint density at radius 1 is 0.667 bits per heavy atom. The van der Waals surface area contributed by atoms with Gasteiger partial charge in [-0.1, -0.05) is 33.6 Å². The van der Waals surface area contributed by atoms with Crippen LogP contribution in [-0.4, -0.2) is 0 Å². The molecule has 0 aromatic heterocycles. The highest BCUT2D eigenvalue weighted by Crippen LogP contribution is 2.71. The summed E-state index contributed by atoms with van der Waals surface area (Å²) in [5.41, 5.74) is 0. The monoisotopic (exact) mass is 286 g/mol. The number of hydrogen-bond acceptors (Lipinski definition) is 0. The third-order valence-electron chi connectivity index (χ3n) is 9.46. The molecule has 0 saturated heterocycles. The lowest BCUT2D eigenvalue weighted by atomic mass is 9.51. The van der Waals surface area contributed by atoms with E-state index in [0.29, 0.717) is 0 Å². The summed E-state index contributed by atoms with van der Waals surface area (Å²) in [6.07, 6.45) is 11.0. The Bertz CT molecular complexity index is 426. The molecule has 0 aromatic rings. The van der Waals surface area contributed by atoms with Gasteiger partial charge in [0.25, 0.3) is 0 Å². The molecule has 5 aliphatic carbocycles. The summed E-state index contributed by atoms with van der Waals surface area (Å²) in [5, 5.41) is 0. The van der Waals surface area contributed by atoms with Gasteiger partial charge in [0.1, 0.15) is 0 Å². The second-order valence-electron chi connectivity index (χ2n) is 9.87. The summed E-state index contributed by atoms with van der Waals surface area (Å²) in [7, 11) is 0. The molecule has 0 amide bonds. The molecule has 0 aromatic carbocycles. The van der Waals surface area contributed by atoms with Crippen LogP contribution in [0, 0.1) is 65.1 Å². The molecular formula is C21H34. The van der Waals surface area contributed by atoms with E-state index >= 15 is 0 Å². The summed E-state index contributed by atoms with van der Waals surface area (Å²) in [4.78, 5) is 0. The first-order valence-electron chi connectivity index (χ1n) is 10.2. The van der Waals surface area contributed by atoms with Gasteiger partial charge in [-0.25, -0.2) is 0 Å². The molecule has 0 heterocycles. The lowest BCUT2D eigenvalue weighted by molar-refractivity contribution is -0.0556. The van der Waals surface area contributed by atoms with Crippen molar-refractivity contribution in [2.75, 3.05) is 0 Å². The highest BCUT2D eigenvalue weighted by molar-refractivity contribution is 5.13. The molecule has 21 heavy (non-hydrogen) atoms. The second kappa shape index (κ2) is 4.51. The molecule has 11 atom stereocenters. The minimum Gasteiger partial charge on any atom is -0.0654 e. The van der Waals surface area contributed by atoms with Crippen LogP contribution in [0.5, 0.6) is 0 Å². The maximum atomic E-state index is 2.66. The topological polar surface area (TPSA) is 0 Å². The quantitative estimate of drug-likeness (QED) is 0.631. The molecule has 11 unspecified atom stereocenters. The van der Waals surface area contributed by atoms with Crippen molar-refractivity contribution in [1.82, 2.24) is 0 Å². The molecular weight excluding hydrogens is 252 g/mol. The molecule has 0 N–H and O–H groups in total. The summed E-state index contributed by atoms with van der Waals surface area (Å²) in [6, 6.07) is 0.